The van der Waals surface area contributed by atoms with E-state index in [-0.39, 0.29) is 30.4 Å². The number of rotatable bonds is 6. The van der Waals surface area contributed by atoms with Gasteiger partial charge in [-0.05, 0) is 19.1 Å². The molecule has 7 heteroatoms. The minimum Gasteiger partial charge on any atom is -0.395 e. The number of benzene rings is 1. The fraction of sp³-hybridized carbons (Fsp3) is 0.417. The number of nitro benzene ring substituents is 1. The maximum Gasteiger partial charge on any atom is 0.292 e. The van der Waals surface area contributed by atoms with Gasteiger partial charge < -0.3 is 15.3 Å². The van der Waals surface area contributed by atoms with Gasteiger partial charge in [0.15, 0.2) is 0 Å². The number of carbonyl (C=O) groups excluding carboxylic acids is 1. The topological polar surface area (TPSA) is 95.7 Å². The maximum absolute atomic E-state index is 12.1. The van der Waals surface area contributed by atoms with Crippen LogP contribution in [0.4, 0.5) is 11.4 Å². The van der Waals surface area contributed by atoms with E-state index in [0.717, 1.165) is 0 Å². The van der Waals surface area contributed by atoms with Gasteiger partial charge in [0.05, 0.1) is 11.5 Å². The van der Waals surface area contributed by atoms with Crippen LogP contribution in [0.1, 0.15) is 17.3 Å². The Morgan fingerprint density at radius 1 is 1.53 bits per heavy atom. The molecule has 0 saturated heterocycles. The lowest BCUT2D eigenvalue weighted by molar-refractivity contribution is -0.383. The molecule has 7 nitrogen and oxygen atoms in total. The highest BCUT2D eigenvalue weighted by atomic mass is 16.6. The van der Waals surface area contributed by atoms with Crippen molar-refractivity contribution in [3.8, 4) is 0 Å². The molecule has 0 aliphatic heterocycles. The van der Waals surface area contributed by atoms with Gasteiger partial charge in [-0.15, -0.1) is 0 Å². The molecule has 0 radical (unpaired) electrons. The number of nitrogens with one attached hydrogen (secondary N) is 1. The first-order valence-corrected chi connectivity index (χ1v) is 5.91. The van der Waals surface area contributed by atoms with Crippen LogP contribution in [0.5, 0.6) is 0 Å². The average molecular weight is 267 g/mol. The monoisotopic (exact) mass is 267 g/mol. The summed E-state index contributed by atoms with van der Waals surface area (Å²) in [5.41, 5.74) is 0.561. The summed E-state index contributed by atoms with van der Waals surface area (Å²) in [6.07, 6.45) is 0. The van der Waals surface area contributed by atoms with E-state index < -0.39 is 4.92 Å². The molecule has 19 heavy (non-hydrogen) atoms. The van der Waals surface area contributed by atoms with Crippen LogP contribution in [-0.4, -0.2) is 47.6 Å². The van der Waals surface area contributed by atoms with Gasteiger partial charge in [-0.1, -0.05) is 0 Å². The van der Waals surface area contributed by atoms with E-state index in [0.29, 0.717) is 12.1 Å². The highest BCUT2D eigenvalue weighted by Crippen LogP contribution is 2.25. The second-order valence-electron chi connectivity index (χ2n) is 3.85. The van der Waals surface area contributed by atoms with Gasteiger partial charge in [0.1, 0.15) is 5.69 Å². The van der Waals surface area contributed by atoms with E-state index in [9.17, 15) is 14.9 Å². The Kier molecular flexibility index (Phi) is 5.25. The minimum absolute atomic E-state index is 0.0794. The summed E-state index contributed by atoms with van der Waals surface area (Å²) < 4.78 is 0. The molecule has 0 atom stereocenters. The van der Waals surface area contributed by atoms with Gasteiger partial charge in [0, 0.05) is 31.8 Å². The van der Waals surface area contributed by atoms with Gasteiger partial charge in [-0.25, -0.2) is 0 Å². The van der Waals surface area contributed by atoms with Crippen LogP contribution in [0.25, 0.3) is 0 Å². The van der Waals surface area contributed by atoms with Gasteiger partial charge in [0.2, 0.25) is 0 Å². The van der Waals surface area contributed by atoms with E-state index in [2.05, 4.69) is 5.32 Å². The van der Waals surface area contributed by atoms with Crippen molar-refractivity contribution in [2.45, 2.75) is 6.92 Å². The number of amides is 1. The maximum atomic E-state index is 12.1. The molecule has 0 aliphatic carbocycles. The molecule has 0 aliphatic rings. The molecule has 1 aromatic carbocycles. The quantitative estimate of drug-likeness (QED) is 0.594. The molecule has 0 bridgehead atoms. The first-order valence-electron chi connectivity index (χ1n) is 5.91. The summed E-state index contributed by atoms with van der Waals surface area (Å²) in [5, 5.41) is 22.4. The van der Waals surface area contributed by atoms with Crippen LogP contribution in [0, 0.1) is 10.1 Å². The van der Waals surface area contributed by atoms with E-state index in [1.807, 2.05) is 0 Å². The third-order valence-electron chi connectivity index (χ3n) is 2.75. The highest BCUT2D eigenvalue weighted by molar-refractivity contribution is 5.96. The fourth-order valence-corrected chi connectivity index (χ4v) is 1.74. The molecule has 0 saturated carbocycles. The molecule has 104 valence electrons. The van der Waals surface area contributed by atoms with Crippen LogP contribution in [0.2, 0.25) is 0 Å². The minimum atomic E-state index is -0.509. The van der Waals surface area contributed by atoms with Gasteiger partial charge in [-0.3, -0.25) is 14.9 Å². The predicted molar refractivity (Wildman–Crippen MR) is 71.3 cm³/mol. The zero-order chi connectivity index (χ0) is 14.4. The lowest BCUT2D eigenvalue weighted by atomic mass is 10.1. The Hall–Kier alpha value is -2.15. The number of aliphatic hydroxyl groups excluding tert-OH is 1. The Labute approximate surface area is 111 Å². The van der Waals surface area contributed by atoms with Crippen molar-refractivity contribution in [3.63, 3.8) is 0 Å². The summed E-state index contributed by atoms with van der Waals surface area (Å²) >= 11 is 0. The van der Waals surface area contributed by atoms with E-state index in [4.69, 9.17) is 5.11 Å². The molecule has 0 spiro atoms. The number of hydrogen-bond donors (Lipinski definition) is 2. The molecule has 1 amide bonds. The zero-order valence-corrected chi connectivity index (χ0v) is 10.9. The summed E-state index contributed by atoms with van der Waals surface area (Å²) in [6, 6.07) is 4.16. The second-order valence-corrected chi connectivity index (χ2v) is 3.85. The second kappa shape index (κ2) is 6.69. The Morgan fingerprint density at radius 3 is 2.68 bits per heavy atom. The third kappa shape index (κ3) is 3.41. The molecule has 0 aromatic heterocycles. The van der Waals surface area contributed by atoms with Crippen LogP contribution >= 0.6 is 0 Å². The lowest BCUT2D eigenvalue weighted by Crippen LogP contribution is -2.33. The van der Waals surface area contributed by atoms with Gasteiger partial charge >= 0.3 is 0 Å². The van der Waals surface area contributed by atoms with Crippen LogP contribution in [0.3, 0.4) is 0 Å². The van der Waals surface area contributed by atoms with Crippen molar-refractivity contribution < 1.29 is 14.8 Å². The van der Waals surface area contributed by atoms with Crippen molar-refractivity contribution in [2.75, 3.05) is 32.1 Å². The number of carbonyl (C=O) groups is 1. The molecule has 0 heterocycles. The van der Waals surface area contributed by atoms with Crippen molar-refractivity contribution in [1.82, 2.24) is 4.90 Å². The van der Waals surface area contributed by atoms with Gasteiger partial charge in [-0.2, -0.15) is 0 Å². The standard InChI is InChI=1S/C12H17N3O4/c1-3-14(6-7-16)12(17)9-4-5-11(15(18)19)10(8-9)13-2/h4-5,8,13,16H,3,6-7H2,1-2H3. The fourth-order valence-electron chi connectivity index (χ4n) is 1.74. The zero-order valence-electron chi connectivity index (χ0n) is 10.9. The first-order chi connectivity index (χ1) is 9.04. The highest BCUT2D eigenvalue weighted by Gasteiger charge is 2.18. The number of nitrogens with zero attached hydrogens (tertiary/aromatic N) is 2. The molecular formula is C12H17N3O4. The Morgan fingerprint density at radius 2 is 2.21 bits per heavy atom. The van der Waals surface area contributed by atoms with E-state index >= 15 is 0 Å². The van der Waals surface area contributed by atoms with Gasteiger partial charge in [0.25, 0.3) is 11.6 Å². The number of nitro groups is 1. The summed E-state index contributed by atoms with van der Waals surface area (Å²) in [5.74, 6) is -0.261. The molecule has 1 aromatic rings. The molecule has 2 N–H and O–H groups in total. The normalized spacial score (nSPS) is 10.1. The molecule has 1 rings (SSSR count). The number of likely N-dealkylation sites (N-methyl/N-ethyl adjacent to an activating group) is 1. The predicted octanol–water partition coefficient (Wildman–Crippen LogP) is 1.09. The molecule has 0 fully saturated rings. The number of hydrogen-bond acceptors (Lipinski definition) is 5. The number of anilines is 1. The SMILES string of the molecule is CCN(CCO)C(=O)c1ccc([N+](=O)[O-])c(NC)c1. The lowest BCUT2D eigenvalue weighted by Gasteiger charge is -2.19. The summed E-state index contributed by atoms with van der Waals surface area (Å²) in [6.45, 7) is 2.38. The van der Waals surface area contributed by atoms with Crippen molar-refractivity contribution in [2.24, 2.45) is 0 Å². The average Bonchev–Trinajstić information content (AvgIpc) is 2.43. The van der Waals surface area contributed by atoms with E-state index in [1.54, 1.807) is 14.0 Å². The van der Waals surface area contributed by atoms with Crippen molar-refractivity contribution >= 4 is 17.3 Å². The van der Waals surface area contributed by atoms with Crippen LogP contribution in [0.15, 0.2) is 18.2 Å². The number of aliphatic hydroxyl groups is 1. The Balaban J connectivity index is 3.08. The Bertz CT molecular complexity index is 476. The third-order valence-corrected chi connectivity index (χ3v) is 2.75. The first kappa shape index (κ1) is 14.9. The van der Waals surface area contributed by atoms with E-state index in [1.165, 1.54) is 23.1 Å². The largest absolute Gasteiger partial charge is 0.395 e. The van der Waals surface area contributed by atoms with Crippen molar-refractivity contribution in [3.05, 3.63) is 33.9 Å². The van der Waals surface area contributed by atoms with Crippen LogP contribution < -0.4 is 5.32 Å². The van der Waals surface area contributed by atoms with Crippen molar-refractivity contribution in [1.29, 1.82) is 0 Å². The van der Waals surface area contributed by atoms with Crippen LogP contribution in [-0.2, 0) is 0 Å². The summed E-state index contributed by atoms with van der Waals surface area (Å²) in [4.78, 5) is 23.9. The smallest absolute Gasteiger partial charge is 0.292 e. The molecular weight excluding hydrogens is 250 g/mol. The molecule has 0 unspecified atom stereocenters. The summed E-state index contributed by atoms with van der Waals surface area (Å²) in [7, 11) is 1.56.